The number of allylic oxidation sites excluding steroid dienone is 1. The molecule has 0 saturated carbocycles. The lowest BCUT2D eigenvalue weighted by atomic mass is 9.95. The molecule has 2 rings (SSSR count). The Morgan fingerprint density at radius 3 is 2.57 bits per heavy atom. The molecule has 0 aromatic heterocycles. The van der Waals surface area contributed by atoms with Crippen molar-refractivity contribution in [3.8, 4) is 5.75 Å². The molecule has 14 heavy (non-hydrogen) atoms. The molecule has 74 valence electrons. The molecule has 0 amide bonds. The minimum atomic E-state index is -0.174. The molecule has 1 nitrogen and oxygen atoms in total. The van der Waals surface area contributed by atoms with E-state index >= 15 is 0 Å². The van der Waals surface area contributed by atoms with Crippen molar-refractivity contribution in [1.29, 1.82) is 0 Å². The third-order valence-corrected chi connectivity index (χ3v) is 2.50. The number of hydrogen-bond donors (Lipinski definition) is 0. The fraction of sp³-hybridized carbons (Fsp3) is 0.385. The standard InChI is InChI=1S/C13H16O/c1-9-5-6-12-11(7-9)10(2)8-13(3,4)14-12/h5-8H,1-4H3. The second kappa shape index (κ2) is 2.88. The molecule has 0 fully saturated rings. The van der Waals surface area contributed by atoms with Gasteiger partial charge in [0, 0.05) is 5.56 Å². The van der Waals surface area contributed by atoms with E-state index in [0.29, 0.717) is 0 Å². The molecule has 0 radical (unpaired) electrons. The SMILES string of the molecule is CC1=CC(C)(C)Oc2ccc(C)cc21. The van der Waals surface area contributed by atoms with Gasteiger partial charge in [-0.1, -0.05) is 11.6 Å². The van der Waals surface area contributed by atoms with Crippen LogP contribution in [0.5, 0.6) is 5.75 Å². The number of aryl methyl sites for hydroxylation is 1. The lowest BCUT2D eigenvalue weighted by molar-refractivity contribution is 0.158. The molecule has 1 heterocycles. The second-order valence-electron chi connectivity index (χ2n) is 4.53. The van der Waals surface area contributed by atoms with Gasteiger partial charge in [0.15, 0.2) is 0 Å². The van der Waals surface area contributed by atoms with Crippen LogP contribution in [-0.2, 0) is 0 Å². The van der Waals surface area contributed by atoms with E-state index in [9.17, 15) is 0 Å². The van der Waals surface area contributed by atoms with Gasteiger partial charge in [0.2, 0.25) is 0 Å². The number of benzene rings is 1. The Bertz CT molecular complexity index is 400. The molecule has 0 aliphatic carbocycles. The van der Waals surface area contributed by atoms with Gasteiger partial charge in [-0.15, -0.1) is 0 Å². The molecule has 1 aromatic carbocycles. The zero-order valence-corrected chi connectivity index (χ0v) is 9.22. The topological polar surface area (TPSA) is 9.23 Å². The van der Waals surface area contributed by atoms with Crippen molar-refractivity contribution in [2.24, 2.45) is 0 Å². The van der Waals surface area contributed by atoms with Crippen molar-refractivity contribution < 1.29 is 4.74 Å². The van der Waals surface area contributed by atoms with Crippen LogP contribution in [0.3, 0.4) is 0 Å². The van der Waals surface area contributed by atoms with E-state index in [1.807, 2.05) is 0 Å². The quantitative estimate of drug-likeness (QED) is 0.604. The molecule has 1 heteroatoms. The van der Waals surface area contributed by atoms with E-state index in [-0.39, 0.29) is 5.60 Å². The summed E-state index contributed by atoms with van der Waals surface area (Å²) in [5, 5.41) is 0. The van der Waals surface area contributed by atoms with Gasteiger partial charge in [-0.25, -0.2) is 0 Å². The van der Waals surface area contributed by atoms with Crippen molar-refractivity contribution in [2.75, 3.05) is 0 Å². The summed E-state index contributed by atoms with van der Waals surface area (Å²) in [6, 6.07) is 6.33. The average Bonchev–Trinajstić information content (AvgIpc) is 2.05. The van der Waals surface area contributed by atoms with Crippen molar-refractivity contribution >= 4 is 5.57 Å². The Morgan fingerprint density at radius 2 is 1.86 bits per heavy atom. The number of ether oxygens (including phenoxy) is 1. The highest BCUT2D eigenvalue weighted by atomic mass is 16.5. The summed E-state index contributed by atoms with van der Waals surface area (Å²) in [6.45, 7) is 8.41. The highest BCUT2D eigenvalue weighted by Crippen LogP contribution is 2.35. The first kappa shape index (κ1) is 9.32. The fourth-order valence-electron chi connectivity index (χ4n) is 1.95. The highest BCUT2D eigenvalue weighted by molar-refractivity contribution is 5.72. The minimum absolute atomic E-state index is 0.174. The molecular formula is C13H16O. The first-order valence-electron chi connectivity index (χ1n) is 4.97. The summed E-state index contributed by atoms with van der Waals surface area (Å²) in [7, 11) is 0. The van der Waals surface area contributed by atoms with Gasteiger partial charge in [-0.3, -0.25) is 0 Å². The van der Waals surface area contributed by atoms with Crippen LogP contribution >= 0.6 is 0 Å². The number of fused-ring (bicyclic) bond motifs is 1. The first-order valence-corrected chi connectivity index (χ1v) is 4.97. The van der Waals surface area contributed by atoms with Crippen molar-refractivity contribution in [2.45, 2.75) is 33.3 Å². The highest BCUT2D eigenvalue weighted by Gasteiger charge is 2.24. The third kappa shape index (κ3) is 1.54. The van der Waals surface area contributed by atoms with Crippen LogP contribution in [0.25, 0.3) is 5.57 Å². The van der Waals surface area contributed by atoms with Gasteiger partial charge in [0.05, 0.1) is 0 Å². The molecule has 0 atom stereocenters. The summed E-state index contributed by atoms with van der Waals surface area (Å²) < 4.78 is 5.87. The Labute approximate surface area is 85.4 Å². The fourth-order valence-corrected chi connectivity index (χ4v) is 1.95. The van der Waals surface area contributed by atoms with Crippen LogP contribution in [-0.4, -0.2) is 5.60 Å². The van der Waals surface area contributed by atoms with Crippen LogP contribution in [0.15, 0.2) is 24.3 Å². The van der Waals surface area contributed by atoms with Gasteiger partial charge in [0.25, 0.3) is 0 Å². The normalized spacial score (nSPS) is 18.1. The Kier molecular flexibility index (Phi) is 1.91. The largest absolute Gasteiger partial charge is 0.483 e. The number of rotatable bonds is 0. The molecule has 1 aliphatic heterocycles. The van der Waals surface area contributed by atoms with Crippen molar-refractivity contribution in [3.05, 3.63) is 35.4 Å². The van der Waals surface area contributed by atoms with E-state index in [4.69, 9.17) is 4.74 Å². The minimum Gasteiger partial charge on any atom is -0.483 e. The van der Waals surface area contributed by atoms with Crippen LogP contribution in [0, 0.1) is 6.92 Å². The van der Waals surface area contributed by atoms with E-state index in [1.165, 1.54) is 16.7 Å². The first-order chi connectivity index (χ1) is 6.48. The Morgan fingerprint density at radius 1 is 1.14 bits per heavy atom. The van der Waals surface area contributed by atoms with E-state index < -0.39 is 0 Å². The third-order valence-electron chi connectivity index (χ3n) is 2.50. The lowest BCUT2D eigenvalue weighted by Crippen LogP contribution is -2.28. The summed E-state index contributed by atoms with van der Waals surface area (Å²) >= 11 is 0. The Hall–Kier alpha value is -1.24. The van der Waals surface area contributed by atoms with Crippen LogP contribution in [0.4, 0.5) is 0 Å². The van der Waals surface area contributed by atoms with Gasteiger partial charge >= 0.3 is 0 Å². The molecule has 0 unspecified atom stereocenters. The lowest BCUT2D eigenvalue weighted by Gasteiger charge is -2.30. The summed E-state index contributed by atoms with van der Waals surface area (Å²) in [5.41, 5.74) is 3.64. The predicted molar refractivity (Wildman–Crippen MR) is 59.5 cm³/mol. The van der Waals surface area contributed by atoms with Gasteiger partial charge in [0.1, 0.15) is 11.4 Å². The van der Waals surface area contributed by atoms with E-state index in [0.717, 1.165) is 5.75 Å². The maximum atomic E-state index is 5.87. The van der Waals surface area contributed by atoms with Crippen LogP contribution < -0.4 is 4.74 Å². The summed E-state index contributed by atoms with van der Waals surface area (Å²) in [4.78, 5) is 0. The predicted octanol–water partition coefficient (Wildman–Crippen LogP) is 3.57. The summed E-state index contributed by atoms with van der Waals surface area (Å²) in [5.74, 6) is 1.00. The average molecular weight is 188 g/mol. The maximum Gasteiger partial charge on any atom is 0.128 e. The summed E-state index contributed by atoms with van der Waals surface area (Å²) in [6.07, 6.45) is 2.18. The van der Waals surface area contributed by atoms with E-state index in [2.05, 4.69) is 52.0 Å². The molecule has 1 aliphatic rings. The Balaban J connectivity index is 2.56. The van der Waals surface area contributed by atoms with Crippen molar-refractivity contribution in [1.82, 2.24) is 0 Å². The number of hydrogen-bond acceptors (Lipinski definition) is 1. The van der Waals surface area contributed by atoms with Crippen LogP contribution in [0.1, 0.15) is 31.9 Å². The molecule has 0 N–H and O–H groups in total. The molecule has 0 saturated heterocycles. The second-order valence-corrected chi connectivity index (χ2v) is 4.53. The van der Waals surface area contributed by atoms with Gasteiger partial charge < -0.3 is 4.74 Å². The van der Waals surface area contributed by atoms with Crippen molar-refractivity contribution in [3.63, 3.8) is 0 Å². The molecule has 0 bridgehead atoms. The maximum absolute atomic E-state index is 5.87. The van der Waals surface area contributed by atoms with Crippen LogP contribution in [0.2, 0.25) is 0 Å². The monoisotopic (exact) mass is 188 g/mol. The molecular weight excluding hydrogens is 172 g/mol. The van der Waals surface area contributed by atoms with Gasteiger partial charge in [-0.2, -0.15) is 0 Å². The van der Waals surface area contributed by atoms with E-state index in [1.54, 1.807) is 0 Å². The zero-order chi connectivity index (χ0) is 10.3. The zero-order valence-electron chi connectivity index (χ0n) is 9.22. The molecule has 1 aromatic rings. The molecule has 0 spiro atoms. The van der Waals surface area contributed by atoms with Gasteiger partial charge in [-0.05, 0) is 51.5 Å². The smallest absolute Gasteiger partial charge is 0.128 e.